The third-order valence-electron chi connectivity index (χ3n) is 0. The minimum atomic E-state index is -7.14. The molecular weight excluding hydrogens is 411 g/mol. The summed E-state index contributed by atoms with van der Waals surface area (Å²) in [6.45, 7) is 0. The maximum Gasteiger partial charge on any atom is 0 e. The summed E-state index contributed by atoms with van der Waals surface area (Å²) in [5.74, 6) is 0. The Morgan fingerprint density at radius 3 is 0.700 bits per heavy atom. The molecule has 0 aliphatic heterocycles. The van der Waals surface area contributed by atoms with E-state index in [9.17, 15) is 0 Å². The second kappa shape index (κ2) is 1.31. The Morgan fingerprint density at radius 2 is 0.700 bits per heavy atom. The monoisotopic (exact) mass is 416 g/mol. The van der Waals surface area contributed by atoms with Crippen LogP contribution >= 0.6 is 38.1 Å². The van der Waals surface area contributed by atoms with Gasteiger partial charge in [-0.15, -0.1) is 0 Å². The second-order valence-corrected chi connectivity index (χ2v) is 37.8. The maximum absolute atomic E-state index is 7.14. The van der Waals surface area contributed by atoms with Gasteiger partial charge in [-0.1, -0.05) is 0 Å². The van der Waals surface area contributed by atoms with Gasteiger partial charge in [-0.2, -0.15) is 0 Å². The Hall–Kier alpha value is 2.32. The molecular formula is H8Cl4N4Pd2. The Bertz CT molecular complexity index is 150. The van der Waals surface area contributed by atoms with Crippen LogP contribution in [0, 0.1) is 0 Å². The van der Waals surface area contributed by atoms with E-state index in [1.54, 1.807) is 0 Å². The standard InChI is InChI=1S/4ClH.4H2N.2Pd/h4*1H;4*1H2;;/q;;;;4*-1;;+8/p-4. The van der Waals surface area contributed by atoms with Crippen molar-refractivity contribution in [1.82, 2.24) is 0 Å². The van der Waals surface area contributed by atoms with Crippen molar-refractivity contribution in [1.29, 1.82) is 0 Å². The SMILES string of the molecule is [NH2][Pd]([NH2])([NH2])([NH2])([Cl])([Cl])([Cl])[Cl].[Pd]. The number of hydrogen-bond acceptors (Lipinski definition) is 4. The van der Waals surface area contributed by atoms with Gasteiger partial charge in [0.2, 0.25) is 0 Å². The van der Waals surface area contributed by atoms with Crippen LogP contribution in [0.3, 0.4) is 0 Å². The van der Waals surface area contributed by atoms with Crippen LogP contribution in [-0.2, 0) is 28.0 Å². The zero-order chi connectivity index (χ0) is 8.35. The first-order chi connectivity index (χ1) is 2.83. The minimum absolute atomic E-state index is 0. The van der Waals surface area contributed by atoms with Crippen molar-refractivity contribution in [2.75, 3.05) is 0 Å². The molecule has 0 aliphatic rings. The third kappa shape index (κ3) is 166. The molecule has 0 bridgehead atoms. The number of hydrogen-bond donors (Lipinski definition) is 4. The van der Waals surface area contributed by atoms with Crippen LogP contribution in [-0.4, -0.2) is 0 Å². The van der Waals surface area contributed by atoms with Crippen LogP contribution in [0.25, 0.3) is 0 Å². The quantitative estimate of drug-likeness (QED) is 0.427. The molecule has 76 valence electrons. The summed E-state index contributed by atoms with van der Waals surface area (Å²) in [4.78, 5) is 0. The van der Waals surface area contributed by atoms with Gasteiger partial charge in [0.05, 0.1) is 0 Å². The molecule has 0 amide bonds. The molecule has 0 saturated carbocycles. The zero-order valence-corrected chi connectivity index (χ0v) is 10.6. The van der Waals surface area contributed by atoms with Crippen molar-refractivity contribution in [3.05, 3.63) is 0 Å². The summed E-state index contributed by atoms with van der Waals surface area (Å²) in [7, 11) is 13.3. The van der Waals surface area contributed by atoms with Gasteiger partial charge in [0, 0.05) is 20.4 Å². The second-order valence-electron chi connectivity index (χ2n) is 2.01. The van der Waals surface area contributed by atoms with E-state index in [2.05, 4.69) is 0 Å². The van der Waals surface area contributed by atoms with Gasteiger partial charge in [-0.25, -0.2) is 0 Å². The van der Waals surface area contributed by atoms with E-state index >= 15 is 0 Å². The van der Waals surface area contributed by atoms with Gasteiger partial charge >= 0.3 is 63.1 Å². The average Bonchev–Trinajstić information content (AvgIpc) is 0.503. The fourth-order valence-corrected chi connectivity index (χ4v) is 0. The largest absolute Gasteiger partial charge is 0 e. The van der Waals surface area contributed by atoms with Gasteiger partial charge in [0.25, 0.3) is 0 Å². The van der Waals surface area contributed by atoms with Gasteiger partial charge in [0.1, 0.15) is 0 Å². The Labute approximate surface area is 82.6 Å². The fraction of sp³-hybridized carbons (Fsp3) is 0. The van der Waals surface area contributed by atoms with E-state index in [-0.39, 0.29) is 20.4 Å². The van der Waals surface area contributed by atoms with Gasteiger partial charge in [-0.05, 0) is 0 Å². The summed E-state index contributed by atoms with van der Waals surface area (Å²) < 4.78 is 19.5. The minimum Gasteiger partial charge on any atom is 0 e. The predicted molar refractivity (Wildman–Crippen MR) is 40.2 cm³/mol. The topological polar surface area (TPSA) is 104 Å². The molecule has 0 unspecified atom stereocenters. The Morgan fingerprint density at radius 1 is 0.700 bits per heavy atom. The molecule has 0 aromatic carbocycles. The van der Waals surface area contributed by atoms with Crippen LogP contribution in [0.1, 0.15) is 0 Å². The summed E-state index contributed by atoms with van der Waals surface area (Å²) in [5.41, 5.74) is 0. The van der Waals surface area contributed by atoms with Crippen LogP contribution < -0.4 is 17.5 Å². The van der Waals surface area contributed by atoms with Crippen molar-refractivity contribution in [3.8, 4) is 0 Å². The fourth-order valence-electron chi connectivity index (χ4n) is 0. The molecule has 0 radical (unpaired) electrons. The molecule has 0 rings (SSSR count). The predicted octanol–water partition coefficient (Wildman–Crippen LogP) is 0.391. The van der Waals surface area contributed by atoms with Crippen LogP contribution in [0.15, 0.2) is 0 Å². The smallest absolute Gasteiger partial charge is 0 e. The van der Waals surface area contributed by atoms with E-state index in [1.165, 1.54) is 0 Å². The molecule has 0 aliphatic carbocycles. The molecule has 10 heteroatoms. The van der Waals surface area contributed by atoms with Crippen molar-refractivity contribution >= 4 is 38.1 Å². The first kappa shape index (κ1) is 14.8. The van der Waals surface area contributed by atoms with E-state index in [4.69, 9.17) is 55.6 Å². The van der Waals surface area contributed by atoms with Gasteiger partial charge in [0.15, 0.2) is 0 Å². The Kier molecular flexibility index (Phi) is 1.95. The van der Waals surface area contributed by atoms with Crippen LogP contribution in [0.2, 0.25) is 0 Å². The molecule has 0 heterocycles. The summed E-state index contributed by atoms with van der Waals surface area (Å²) >= 11 is 0. The van der Waals surface area contributed by atoms with Gasteiger partial charge < -0.3 is 0 Å². The number of halogens is 4. The maximum atomic E-state index is 5.11. The normalized spacial score (nSPS) is 28.0. The average molecular weight is 419 g/mol. The van der Waals surface area contributed by atoms with E-state index in [0.29, 0.717) is 0 Å². The van der Waals surface area contributed by atoms with Crippen molar-refractivity contribution in [3.63, 3.8) is 0 Å². The molecule has 0 aromatic heterocycles. The first-order valence-corrected chi connectivity index (χ1v) is 12.8. The van der Waals surface area contributed by atoms with Crippen molar-refractivity contribution < 1.29 is 28.0 Å². The summed E-state index contributed by atoms with van der Waals surface area (Å²) in [5, 5.41) is 0. The summed E-state index contributed by atoms with van der Waals surface area (Å²) in [6.07, 6.45) is 0. The van der Waals surface area contributed by atoms with E-state index in [0.717, 1.165) is 0 Å². The Balaban J connectivity index is 0. The molecule has 0 fully saturated rings. The molecule has 0 atom stereocenters. The van der Waals surface area contributed by atoms with E-state index in [1.807, 2.05) is 0 Å². The molecule has 0 aromatic rings. The third-order valence-corrected chi connectivity index (χ3v) is 0. The molecule has 8 N–H and O–H groups in total. The van der Waals surface area contributed by atoms with Crippen LogP contribution in [0.5, 0.6) is 0 Å². The number of rotatable bonds is 0. The van der Waals surface area contributed by atoms with Crippen molar-refractivity contribution in [2.24, 2.45) is 17.5 Å². The summed E-state index contributed by atoms with van der Waals surface area (Å²) in [6, 6.07) is 0. The molecule has 10 heavy (non-hydrogen) atoms. The van der Waals surface area contributed by atoms with Crippen molar-refractivity contribution in [2.45, 2.75) is 0 Å². The molecule has 0 saturated heterocycles. The van der Waals surface area contributed by atoms with Crippen LogP contribution in [0.4, 0.5) is 0 Å². The van der Waals surface area contributed by atoms with E-state index < -0.39 is 7.56 Å². The molecule has 0 spiro atoms. The zero-order valence-electron chi connectivity index (χ0n) is 4.45. The number of nitrogens with two attached hydrogens (primary N) is 4. The van der Waals surface area contributed by atoms with Gasteiger partial charge in [-0.3, -0.25) is 0 Å². The molecule has 4 nitrogen and oxygen atoms in total. The first-order valence-electron chi connectivity index (χ1n) is 1.21.